The second kappa shape index (κ2) is 8.47. The van der Waals surface area contributed by atoms with E-state index in [1.165, 1.54) is 6.92 Å². The lowest BCUT2D eigenvalue weighted by molar-refractivity contribution is -0.130. The van der Waals surface area contributed by atoms with Gasteiger partial charge in [0.1, 0.15) is 11.4 Å². The quantitative estimate of drug-likeness (QED) is 0.755. The number of amides is 3. The van der Waals surface area contributed by atoms with Crippen molar-refractivity contribution in [1.82, 2.24) is 24.6 Å². The standard InChI is InChI=1S/C19H27N5O3/c1-3-21-7-9-23(10-8-21)18(26)16-5-4-6-17(20-16)19(27)24-13-11-22(12-14-24)15(2)25/h4-6H,3,7-14H2,1-2H3. The van der Waals surface area contributed by atoms with Crippen LogP contribution in [0.15, 0.2) is 18.2 Å². The molecule has 0 saturated carbocycles. The first-order valence-electron chi connectivity index (χ1n) is 9.53. The molecule has 2 saturated heterocycles. The maximum Gasteiger partial charge on any atom is 0.272 e. The molecule has 0 radical (unpaired) electrons. The van der Waals surface area contributed by atoms with E-state index >= 15 is 0 Å². The van der Waals surface area contributed by atoms with Crippen molar-refractivity contribution in [1.29, 1.82) is 0 Å². The van der Waals surface area contributed by atoms with Crippen molar-refractivity contribution >= 4 is 17.7 Å². The molecule has 2 aliphatic rings. The summed E-state index contributed by atoms with van der Waals surface area (Å²) in [6.07, 6.45) is 0. The molecule has 27 heavy (non-hydrogen) atoms. The average Bonchev–Trinajstić information content (AvgIpc) is 2.73. The van der Waals surface area contributed by atoms with E-state index in [0.29, 0.717) is 45.0 Å². The summed E-state index contributed by atoms with van der Waals surface area (Å²) in [4.78, 5) is 48.8. The van der Waals surface area contributed by atoms with Crippen LogP contribution >= 0.6 is 0 Å². The van der Waals surface area contributed by atoms with Gasteiger partial charge in [0, 0.05) is 59.3 Å². The maximum absolute atomic E-state index is 12.7. The second-order valence-electron chi connectivity index (χ2n) is 6.93. The number of pyridine rings is 1. The van der Waals surface area contributed by atoms with Gasteiger partial charge in [0.05, 0.1) is 0 Å². The zero-order valence-electron chi connectivity index (χ0n) is 16.1. The SMILES string of the molecule is CCN1CCN(C(=O)c2cccc(C(=O)N3CCN(C(C)=O)CC3)n2)CC1. The Balaban J connectivity index is 1.64. The molecule has 0 N–H and O–H groups in total. The highest BCUT2D eigenvalue weighted by molar-refractivity contribution is 5.96. The van der Waals surface area contributed by atoms with Crippen molar-refractivity contribution in [3.8, 4) is 0 Å². The van der Waals surface area contributed by atoms with Crippen molar-refractivity contribution in [2.45, 2.75) is 13.8 Å². The zero-order valence-corrected chi connectivity index (χ0v) is 16.1. The van der Waals surface area contributed by atoms with Crippen molar-refractivity contribution < 1.29 is 14.4 Å². The highest BCUT2D eigenvalue weighted by Crippen LogP contribution is 2.11. The van der Waals surface area contributed by atoms with Gasteiger partial charge in [0.2, 0.25) is 5.91 Å². The lowest BCUT2D eigenvalue weighted by Crippen LogP contribution is -2.50. The minimum Gasteiger partial charge on any atom is -0.339 e. The fourth-order valence-electron chi connectivity index (χ4n) is 3.49. The summed E-state index contributed by atoms with van der Waals surface area (Å²) in [7, 11) is 0. The highest BCUT2D eigenvalue weighted by atomic mass is 16.2. The van der Waals surface area contributed by atoms with Crippen LogP contribution in [-0.4, -0.2) is 101 Å². The minimum absolute atomic E-state index is 0.0241. The summed E-state index contributed by atoms with van der Waals surface area (Å²) in [5.41, 5.74) is 0.595. The molecule has 3 heterocycles. The van der Waals surface area contributed by atoms with Crippen molar-refractivity contribution in [3.63, 3.8) is 0 Å². The molecule has 1 aromatic heterocycles. The molecule has 3 amide bonds. The molecule has 0 aromatic carbocycles. The lowest BCUT2D eigenvalue weighted by atomic mass is 10.2. The summed E-state index contributed by atoms with van der Waals surface area (Å²) in [5.74, 6) is -0.290. The number of hydrogen-bond acceptors (Lipinski definition) is 5. The van der Waals surface area contributed by atoms with Crippen molar-refractivity contribution in [2.24, 2.45) is 0 Å². The molecular formula is C19H27N5O3. The monoisotopic (exact) mass is 373 g/mol. The molecule has 0 bridgehead atoms. The van der Waals surface area contributed by atoms with Crippen LogP contribution in [0.1, 0.15) is 34.8 Å². The average molecular weight is 373 g/mol. The van der Waals surface area contributed by atoms with Gasteiger partial charge in [-0.15, -0.1) is 0 Å². The molecule has 0 unspecified atom stereocenters. The first-order valence-corrected chi connectivity index (χ1v) is 9.53. The second-order valence-corrected chi connectivity index (χ2v) is 6.93. The summed E-state index contributed by atoms with van der Waals surface area (Å²) in [6.45, 7) is 9.75. The topological polar surface area (TPSA) is 77.1 Å². The van der Waals surface area contributed by atoms with E-state index in [2.05, 4.69) is 16.8 Å². The fourth-order valence-corrected chi connectivity index (χ4v) is 3.49. The molecule has 2 fully saturated rings. The first kappa shape index (κ1) is 19.3. The van der Waals surface area contributed by atoms with Crippen LogP contribution in [0.25, 0.3) is 0 Å². The Hall–Kier alpha value is -2.48. The number of piperazine rings is 2. The van der Waals surface area contributed by atoms with Gasteiger partial charge in [-0.05, 0) is 18.7 Å². The summed E-state index contributed by atoms with van der Waals surface area (Å²) < 4.78 is 0. The smallest absolute Gasteiger partial charge is 0.272 e. The predicted octanol–water partition coefficient (Wildman–Crippen LogP) is 0.164. The van der Waals surface area contributed by atoms with Gasteiger partial charge in [-0.3, -0.25) is 14.4 Å². The fraction of sp³-hybridized carbons (Fsp3) is 0.579. The molecule has 0 atom stereocenters. The van der Waals surface area contributed by atoms with Crippen LogP contribution in [-0.2, 0) is 4.79 Å². The Morgan fingerprint density at radius 1 is 0.815 bits per heavy atom. The first-order chi connectivity index (χ1) is 13.0. The number of rotatable bonds is 3. The molecule has 8 nitrogen and oxygen atoms in total. The third-order valence-corrected chi connectivity index (χ3v) is 5.31. The molecule has 1 aromatic rings. The van der Waals surface area contributed by atoms with E-state index in [0.717, 1.165) is 19.6 Å². The number of aromatic nitrogens is 1. The molecule has 2 aliphatic heterocycles. The maximum atomic E-state index is 12.7. The number of nitrogens with zero attached hydrogens (tertiary/aromatic N) is 5. The van der Waals surface area contributed by atoms with Gasteiger partial charge < -0.3 is 19.6 Å². The number of likely N-dealkylation sites (N-methyl/N-ethyl adjacent to an activating group) is 1. The van der Waals surface area contributed by atoms with Gasteiger partial charge in [-0.25, -0.2) is 4.98 Å². The van der Waals surface area contributed by atoms with Crippen LogP contribution in [0, 0.1) is 0 Å². The van der Waals surface area contributed by atoms with Crippen LogP contribution in [0.4, 0.5) is 0 Å². The minimum atomic E-state index is -0.191. The van der Waals surface area contributed by atoms with Gasteiger partial charge >= 0.3 is 0 Å². The molecular weight excluding hydrogens is 346 g/mol. The number of hydrogen-bond donors (Lipinski definition) is 0. The van der Waals surface area contributed by atoms with Gasteiger partial charge in [0.15, 0.2) is 0 Å². The Labute approximate surface area is 159 Å². The van der Waals surface area contributed by atoms with E-state index in [1.54, 1.807) is 32.9 Å². The van der Waals surface area contributed by atoms with Crippen LogP contribution in [0.5, 0.6) is 0 Å². The van der Waals surface area contributed by atoms with E-state index < -0.39 is 0 Å². The van der Waals surface area contributed by atoms with Crippen LogP contribution < -0.4 is 0 Å². The molecule has 0 aliphatic carbocycles. The summed E-state index contributed by atoms with van der Waals surface area (Å²) >= 11 is 0. The van der Waals surface area contributed by atoms with Crippen molar-refractivity contribution in [3.05, 3.63) is 29.6 Å². The predicted molar refractivity (Wildman–Crippen MR) is 100 cm³/mol. The molecule has 3 rings (SSSR count). The van der Waals surface area contributed by atoms with E-state index in [-0.39, 0.29) is 23.4 Å². The van der Waals surface area contributed by atoms with Gasteiger partial charge in [-0.2, -0.15) is 0 Å². The Morgan fingerprint density at radius 3 is 1.70 bits per heavy atom. The molecule has 146 valence electrons. The van der Waals surface area contributed by atoms with Crippen molar-refractivity contribution in [2.75, 3.05) is 58.9 Å². The summed E-state index contributed by atoms with van der Waals surface area (Å²) in [5, 5.41) is 0. The normalized spacial score (nSPS) is 18.5. The zero-order chi connectivity index (χ0) is 19.4. The van der Waals surface area contributed by atoms with Gasteiger partial charge in [-0.1, -0.05) is 13.0 Å². The largest absolute Gasteiger partial charge is 0.339 e. The molecule has 8 heteroatoms. The lowest BCUT2D eigenvalue weighted by Gasteiger charge is -2.34. The Morgan fingerprint density at radius 2 is 1.26 bits per heavy atom. The van der Waals surface area contributed by atoms with E-state index in [1.807, 2.05) is 0 Å². The number of carbonyl (C=O) groups is 3. The number of carbonyl (C=O) groups excluding carboxylic acids is 3. The van der Waals surface area contributed by atoms with Gasteiger partial charge in [0.25, 0.3) is 11.8 Å². The summed E-state index contributed by atoms with van der Waals surface area (Å²) in [6, 6.07) is 5.02. The van der Waals surface area contributed by atoms with E-state index in [4.69, 9.17) is 0 Å². The Bertz CT molecular complexity index is 707. The van der Waals surface area contributed by atoms with Crippen LogP contribution in [0.2, 0.25) is 0 Å². The third-order valence-electron chi connectivity index (χ3n) is 5.31. The third kappa shape index (κ3) is 4.44. The van der Waals surface area contributed by atoms with E-state index in [9.17, 15) is 14.4 Å². The Kier molecular flexibility index (Phi) is 6.05. The van der Waals surface area contributed by atoms with Crippen LogP contribution in [0.3, 0.4) is 0 Å². The highest BCUT2D eigenvalue weighted by Gasteiger charge is 2.26. The molecule has 0 spiro atoms.